The Hall–Kier alpha value is -2.17. The summed E-state index contributed by atoms with van der Waals surface area (Å²) in [4.78, 5) is 7.27. The number of benzene rings is 1. The number of methoxy groups -OCH3 is 2. The molecule has 1 aromatic heterocycles. The highest BCUT2D eigenvalue weighted by atomic mass is 16.5. The van der Waals surface area contributed by atoms with Crippen LogP contribution in [0.5, 0.6) is 17.4 Å². The van der Waals surface area contributed by atoms with Gasteiger partial charge < -0.3 is 19.6 Å². The van der Waals surface area contributed by atoms with E-state index in [2.05, 4.69) is 23.8 Å². The first kappa shape index (κ1) is 14.2. The first-order chi connectivity index (χ1) is 9.56. The smallest absolute Gasteiger partial charge is 0.198 e. The van der Waals surface area contributed by atoms with E-state index in [0.29, 0.717) is 23.0 Å². The molecule has 0 aliphatic rings. The molecule has 0 aliphatic heterocycles. The lowest BCUT2D eigenvalue weighted by atomic mass is 10.1. The Kier molecular flexibility index (Phi) is 4.17. The summed E-state index contributed by atoms with van der Waals surface area (Å²) >= 11 is 0. The molecule has 108 valence electrons. The predicted octanol–water partition coefficient (Wildman–Crippen LogP) is 2.97. The monoisotopic (exact) mass is 276 g/mol. The van der Waals surface area contributed by atoms with E-state index in [1.54, 1.807) is 26.5 Å². The fraction of sp³-hybridized carbons (Fsp3) is 0.400. The van der Waals surface area contributed by atoms with E-state index in [9.17, 15) is 5.11 Å². The van der Waals surface area contributed by atoms with Crippen LogP contribution in [0, 0.1) is 5.92 Å². The summed E-state index contributed by atoms with van der Waals surface area (Å²) in [7, 11) is 3.17. The highest BCUT2D eigenvalue weighted by molar-refractivity contribution is 6.03. The van der Waals surface area contributed by atoms with Crippen molar-refractivity contribution in [3.63, 3.8) is 0 Å². The Labute approximate surface area is 118 Å². The topological polar surface area (TPSA) is 66.8 Å². The van der Waals surface area contributed by atoms with Crippen molar-refractivity contribution in [1.82, 2.24) is 4.98 Å². The van der Waals surface area contributed by atoms with Gasteiger partial charge in [-0.2, -0.15) is 0 Å². The first-order valence-corrected chi connectivity index (χ1v) is 6.53. The number of aromatic nitrogens is 1. The Balaban J connectivity index is 2.49. The predicted molar refractivity (Wildman–Crippen MR) is 80.4 cm³/mol. The molecule has 5 heteroatoms. The molecule has 0 bridgehead atoms. The molecule has 1 aromatic carbocycles. The Bertz CT molecular complexity index is 630. The Morgan fingerprint density at radius 3 is 2.50 bits per heavy atom. The zero-order valence-corrected chi connectivity index (χ0v) is 12.2. The van der Waals surface area contributed by atoms with E-state index in [4.69, 9.17) is 9.47 Å². The molecule has 0 unspecified atom stereocenters. The van der Waals surface area contributed by atoms with Crippen LogP contribution < -0.4 is 9.47 Å². The van der Waals surface area contributed by atoms with Crippen LogP contribution in [0.1, 0.15) is 19.4 Å². The number of aromatic amines is 1. The quantitative estimate of drug-likeness (QED) is 0.825. The number of aromatic hydroxyl groups is 1. The molecule has 0 saturated heterocycles. The zero-order valence-electron chi connectivity index (χ0n) is 12.2. The van der Waals surface area contributed by atoms with Crippen molar-refractivity contribution in [2.75, 3.05) is 20.8 Å². The number of ether oxygens (including phenoxy) is 2. The van der Waals surface area contributed by atoms with Crippen LogP contribution in [0.4, 0.5) is 0 Å². The number of aliphatic imine (C=N–C) groups is 1. The molecule has 2 aromatic rings. The molecule has 0 radical (unpaired) electrons. The number of nitrogens with zero attached hydrogens (tertiary/aromatic N) is 1. The molecule has 0 atom stereocenters. The van der Waals surface area contributed by atoms with Gasteiger partial charge >= 0.3 is 0 Å². The van der Waals surface area contributed by atoms with E-state index in [-0.39, 0.29) is 5.88 Å². The number of fused-ring (bicyclic) bond motifs is 1. The Morgan fingerprint density at radius 1 is 1.25 bits per heavy atom. The minimum absolute atomic E-state index is 0.0998. The van der Waals surface area contributed by atoms with Crippen LogP contribution in [-0.4, -0.2) is 37.1 Å². The van der Waals surface area contributed by atoms with Gasteiger partial charge in [-0.25, -0.2) is 0 Å². The van der Waals surface area contributed by atoms with Crippen molar-refractivity contribution in [3.05, 3.63) is 17.7 Å². The van der Waals surface area contributed by atoms with Crippen LogP contribution in [0.15, 0.2) is 17.1 Å². The lowest BCUT2D eigenvalue weighted by Crippen LogP contribution is -1.93. The molecular formula is C15H20N2O3. The number of hydrogen-bond acceptors (Lipinski definition) is 4. The number of rotatable bonds is 5. The maximum Gasteiger partial charge on any atom is 0.198 e. The third-order valence-corrected chi connectivity index (χ3v) is 3.01. The third kappa shape index (κ3) is 2.71. The molecule has 0 aliphatic carbocycles. The van der Waals surface area contributed by atoms with Crippen molar-refractivity contribution < 1.29 is 14.6 Å². The fourth-order valence-electron chi connectivity index (χ4n) is 2.01. The van der Waals surface area contributed by atoms with Crippen LogP contribution in [0.25, 0.3) is 10.9 Å². The molecule has 0 fully saturated rings. The molecule has 0 saturated carbocycles. The first-order valence-electron chi connectivity index (χ1n) is 6.53. The standard InChI is InChI=1S/C15H20N2O3/c1-9(2)7-16-8-11-10-5-13(19-3)14(20-4)6-12(10)17-15(11)18/h5-6,8-9,17-18H,7H2,1-4H3. The summed E-state index contributed by atoms with van der Waals surface area (Å²) in [5.74, 6) is 1.82. The number of H-pyrrole nitrogens is 1. The van der Waals surface area contributed by atoms with Crippen molar-refractivity contribution in [2.45, 2.75) is 13.8 Å². The van der Waals surface area contributed by atoms with Gasteiger partial charge in [-0.15, -0.1) is 0 Å². The summed E-state index contributed by atoms with van der Waals surface area (Å²) in [6, 6.07) is 3.63. The number of nitrogens with one attached hydrogen (secondary N) is 1. The van der Waals surface area contributed by atoms with Gasteiger partial charge in [0.1, 0.15) is 0 Å². The third-order valence-electron chi connectivity index (χ3n) is 3.01. The van der Waals surface area contributed by atoms with Gasteiger partial charge in [0.15, 0.2) is 17.4 Å². The van der Waals surface area contributed by atoms with Crippen LogP contribution in [0.3, 0.4) is 0 Å². The Morgan fingerprint density at radius 2 is 1.90 bits per heavy atom. The second kappa shape index (κ2) is 5.86. The average molecular weight is 276 g/mol. The molecule has 1 heterocycles. The van der Waals surface area contributed by atoms with Crippen LogP contribution in [0.2, 0.25) is 0 Å². The largest absolute Gasteiger partial charge is 0.494 e. The highest BCUT2D eigenvalue weighted by Crippen LogP contribution is 2.35. The molecule has 2 rings (SSSR count). The second-order valence-electron chi connectivity index (χ2n) is 5.03. The number of hydrogen-bond donors (Lipinski definition) is 2. The second-order valence-corrected chi connectivity index (χ2v) is 5.03. The SMILES string of the molecule is COc1cc2[nH]c(O)c(C=NCC(C)C)c2cc1OC. The van der Waals surface area contributed by atoms with E-state index in [1.807, 2.05) is 6.07 Å². The molecular weight excluding hydrogens is 256 g/mol. The molecule has 2 N–H and O–H groups in total. The van der Waals surface area contributed by atoms with Gasteiger partial charge in [0.05, 0.1) is 25.3 Å². The fourth-order valence-corrected chi connectivity index (χ4v) is 2.01. The molecule has 0 spiro atoms. The van der Waals surface area contributed by atoms with E-state index >= 15 is 0 Å². The van der Waals surface area contributed by atoms with E-state index in [1.165, 1.54) is 0 Å². The van der Waals surface area contributed by atoms with Crippen molar-refractivity contribution in [1.29, 1.82) is 0 Å². The zero-order chi connectivity index (χ0) is 14.7. The minimum atomic E-state index is 0.0998. The lowest BCUT2D eigenvalue weighted by molar-refractivity contribution is 0.356. The summed E-state index contributed by atoms with van der Waals surface area (Å²) in [6.07, 6.45) is 1.69. The van der Waals surface area contributed by atoms with Crippen molar-refractivity contribution in [2.24, 2.45) is 10.9 Å². The average Bonchev–Trinajstić information content (AvgIpc) is 2.72. The van der Waals surface area contributed by atoms with Crippen LogP contribution >= 0.6 is 0 Å². The van der Waals surface area contributed by atoms with Crippen molar-refractivity contribution >= 4 is 17.1 Å². The summed E-state index contributed by atoms with van der Waals surface area (Å²) in [5, 5.41) is 10.9. The van der Waals surface area contributed by atoms with Gasteiger partial charge in [-0.05, 0) is 12.0 Å². The minimum Gasteiger partial charge on any atom is -0.494 e. The molecule has 0 amide bonds. The highest BCUT2D eigenvalue weighted by Gasteiger charge is 2.13. The van der Waals surface area contributed by atoms with Crippen molar-refractivity contribution in [3.8, 4) is 17.4 Å². The maximum atomic E-state index is 10.00. The lowest BCUT2D eigenvalue weighted by Gasteiger charge is -2.07. The molecule has 5 nitrogen and oxygen atoms in total. The van der Waals surface area contributed by atoms with Gasteiger partial charge in [0.25, 0.3) is 0 Å². The van der Waals surface area contributed by atoms with E-state index in [0.717, 1.165) is 17.4 Å². The summed E-state index contributed by atoms with van der Waals surface area (Å²) in [5.41, 5.74) is 1.45. The van der Waals surface area contributed by atoms with Gasteiger partial charge in [0.2, 0.25) is 0 Å². The summed E-state index contributed by atoms with van der Waals surface area (Å²) < 4.78 is 10.5. The van der Waals surface area contributed by atoms with Gasteiger partial charge in [-0.1, -0.05) is 13.8 Å². The van der Waals surface area contributed by atoms with Gasteiger partial charge in [-0.3, -0.25) is 4.99 Å². The normalized spacial score (nSPS) is 11.7. The van der Waals surface area contributed by atoms with Crippen LogP contribution in [-0.2, 0) is 0 Å². The van der Waals surface area contributed by atoms with E-state index < -0.39 is 0 Å². The molecule has 20 heavy (non-hydrogen) atoms. The van der Waals surface area contributed by atoms with Gasteiger partial charge in [0, 0.05) is 24.2 Å². The maximum absolute atomic E-state index is 10.00. The summed E-state index contributed by atoms with van der Waals surface area (Å²) in [6.45, 7) is 4.92.